The fourth-order valence-corrected chi connectivity index (χ4v) is 1.46. The quantitative estimate of drug-likeness (QED) is 0.632. The first-order valence-electron chi connectivity index (χ1n) is 5.76. The number of aliphatic hydroxyl groups is 1. The number of carbonyl (C=O) groups is 1. The van der Waals surface area contributed by atoms with Crippen molar-refractivity contribution in [2.75, 3.05) is 19.6 Å². The third-order valence-electron chi connectivity index (χ3n) is 2.44. The molecule has 1 atom stereocenters. The smallest absolute Gasteiger partial charge is 0.216 e. The number of rotatable bonds is 6. The van der Waals surface area contributed by atoms with E-state index in [0.29, 0.717) is 25.2 Å². The van der Waals surface area contributed by atoms with Crippen molar-refractivity contribution in [3.63, 3.8) is 0 Å². The lowest BCUT2D eigenvalue weighted by Crippen LogP contribution is -2.32. The van der Waals surface area contributed by atoms with Crippen LogP contribution in [-0.2, 0) is 4.79 Å². The highest BCUT2D eigenvalue weighted by molar-refractivity contribution is 5.72. The predicted octanol–water partition coefficient (Wildman–Crippen LogP) is 0.317. The van der Waals surface area contributed by atoms with Crippen molar-refractivity contribution < 1.29 is 9.90 Å². The number of carbonyl (C=O) groups excluding carboxylic acids is 1. The summed E-state index contributed by atoms with van der Waals surface area (Å²) in [7, 11) is 0. The predicted molar refractivity (Wildman–Crippen MR) is 67.7 cm³/mol. The molecule has 1 amide bonds. The highest BCUT2D eigenvalue weighted by Crippen LogP contribution is 2.12. The summed E-state index contributed by atoms with van der Waals surface area (Å²) in [4.78, 5) is 10.6. The van der Waals surface area contributed by atoms with Crippen molar-refractivity contribution in [3.05, 3.63) is 35.4 Å². The monoisotopic (exact) mass is 247 g/mol. The average molecular weight is 247 g/mol. The van der Waals surface area contributed by atoms with Gasteiger partial charge in [0.05, 0.1) is 17.7 Å². The summed E-state index contributed by atoms with van der Waals surface area (Å²) in [6, 6.07) is 8.85. The first kappa shape index (κ1) is 14.2. The van der Waals surface area contributed by atoms with E-state index in [2.05, 4.69) is 10.6 Å². The molecule has 1 aromatic carbocycles. The number of nitriles is 1. The van der Waals surface area contributed by atoms with Crippen LogP contribution in [0.4, 0.5) is 0 Å². The van der Waals surface area contributed by atoms with Gasteiger partial charge in [0.15, 0.2) is 0 Å². The molecule has 5 heteroatoms. The summed E-state index contributed by atoms with van der Waals surface area (Å²) < 4.78 is 0. The number of amides is 1. The van der Waals surface area contributed by atoms with Crippen LogP contribution in [0.5, 0.6) is 0 Å². The fraction of sp³-hybridized carbons (Fsp3) is 0.385. The van der Waals surface area contributed by atoms with Crippen LogP contribution in [0.25, 0.3) is 0 Å². The van der Waals surface area contributed by atoms with Gasteiger partial charge in [0, 0.05) is 26.6 Å². The molecule has 0 saturated heterocycles. The zero-order valence-electron chi connectivity index (χ0n) is 10.3. The van der Waals surface area contributed by atoms with E-state index in [1.807, 2.05) is 6.07 Å². The van der Waals surface area contributed by atoms with Crippen LogP contribution >= 0.6 is 0 Å². The van der Waals surface area contributed by atoms with E-state index in [1.165, 1.54) is 6.92 Å². The lowest BCUT2D eigenvalue weighted by Gasteiger charge is -2.12. The molecule has 1 aromatic rings. The maximum atomic E-state index is 10.6. The summed E-state index contributed by atoms with van der Waals surface area (Å²) in [5, 5.41) is 24.2. The molecule has 1 unspecified atom stereocenters. The van der Waals surface area contributed by atoms with Gasteiger partial charge in [0.25, 0.3) is 0 Å². The standard InChI is InChI=1S/C13H17N3O2/c1-10(17)16-7-6-15-9-13(18)12-4-2-11(8-14)3-5-12/h2-5,13,15,18H,6-7,9H2,1H3,(H,16,17). The first-order valence-corrected chi connectivity index (χ1v) is 5.76. The normalized spacial score (nSPS) is 11.6. The molecule has 1 rings (SSSR count). The zero-order valence-corrected chi connectivity index (χ0v) is 10.3. The van der Waals surface area contributed by atoms with Gasteiger partial charge in [0.1, 0.15) is 0 Å². The molecule has 96 valence electrons. The van der Waals surface area contributed by atoms with Gasteiger partial charge in [-0.15, -0.1) is 0 Å². The summed E-state index contributed by atoms with van der Waals surface area (Å²) in [5.74, 6) is -0.0653. The topological polar surface area (TPSA) is 85.2 Å². The summed E-state index contributed by atoms with van der Waals surface area (Å²) >= 11 is 0. The minimum atomic E-state index is -0.616. The Morgan fingerprint density at radius 3 is 2.61 bits per heavy atom. The molecule has 0 aromatic heterocycles. The van der Waals surface area contributed by atoms with E-state index in [-0.39, 0.29) is 5.91 Å². The summed E-state index contributed by atoms with van der Waals surface area (Å²) in [6.07, 6.45) is -0.616. The van der Waals surface area contributed by atoms with Gasteiger partial charge < -0.3 is 15.7 Å². The van der Waals surface area contributed by atoms with Gasteiger partial charge in [-0.2, -0.15) is 5.26 Å². The third kappa shape index (κ3) is 4.95. The van der Waals surface area contributed by atoms with Gasteiger partial charge in [-0.25, -0.2) is 0 Å². The van der Waals surface area contributed by atoms with E-state index in [4.69, 9.17) is 5.26 Å². The van der Waals surface area contributed by atoms with Crippen molar-refractivity contribution in [2.45, 2.75) is 13.0 Å². The number of hydrogen-bond donors (Lipinski definition) is 3. The van der Waals surface area contributed by atoms with Gasteiger partial charge in [0.2, 0.25) is 5.91 Å². The van der Waals surface area contributed by atoms with Gasteiger partial charge in [-0.3, -0.25) is 4.79 Å². The molecule has 0 radical (unpaired) electrons. The Hall–Kier alpha value is -1.90. The lowest BCUT2D eigenvalue weighted by molar-refractivity contribution is -0.118. The van der Waals surface area contributed by atoms with Crippen molar-refractivity contribution in [1.82, 2.24) is 10.6 Å². The van der Waals surface area contributed by atoms with Crippen LogP contribution in [0.15, 0.2) is 24.3 Å². The minimum absolute atomic E-state index is 0.0653. The van der Waals surface area contributed by atoms with Crippen LogP contribution in [0.3, 0.4) is 0 Å². The number of hydrogen-bond acceptors (Lipinski definition) is 4. The van der Waals surface area contributed by atoms with Gasteiger partial charge in [-0.1, -0.05) is 12.1 Å². The molecule has 0 aliphatic heterocycles. The fourth-order valence-electron chi connectivity index (χ4n) is 1.46. The number of nitrogens with one attached hydrogen (secondary N) is 2. The Balaban J connectivity index is 2.29. The Bertz CT molecular complexity index is 423. The second-order valence-electron chi connectivity index (χ2n) is 3.94. The first-order chi connectivity index (χ1) is 8.63. The Kier molecular flexibility index (Phi) is 5.85. The van der Waals surface area contributed by atoms with E-state index in [9.17, 15) is 9.90 Å². The molecule has 3 N–H and O–H groups in total. The van der Waals surface area contributed by atoms with E-state index < -0.39 is 6.10 Å². The lowest BCUT2D eigenvalue weighted by atomic mass is 10.1. The molecule has 0 aliphatic rings. The zero-order chi connectivity index (χ0) is 13.4. The Morgan fingerprint density at radius 2 is 2.06 bits per heavy atom. The molecule has 0 bridgehead atoms. The van der Waals surface area contributed by atoms with Crippen LogP contribution in [-0.4, -0.2) is 30.6 Å². The molecule has 0 heterocycles. The second kappa shape index (κ2) is 7.43. The van der Waals surface area contributed by atoms with Crippen LogP contribution in [0, 0.1) is 11.3 Å². The molecule has 0 fully saturated rings. The molecule has 0 saturated carbocycles. The van der Waals surface area contributed by atoms with Crippen LogP contribution in [0.1, 0.15) is 24.2 Å². The van der Waals surface area contributed by atoms with E-state index in [1.54, 1.807) is 24.3 Å². The van der Waals surface area contributed by atoms with Crippen molar-refractivity contribution >= 4 is 5.91 Å². The molecule has 0 aliphatic carbocycles. The average Bonchev–Trinajstić information content (AvgIpc) is 2.38. The molecule has 0 spiro atoms. The van der Waals surface area contributed by atoms with Gasteiger partial charge in [-0.05, 0) is 17.7 Å². The summed E-state index contributed by atoms with van der Waals surface area (Å²) in [5.41, 5.74) is 1.34. The molecular formula is C13H17N3O2. The number of aliphatic hydroxyl groups excluding tert-OH is 1. The molecular weight excluding hydrogens is 230 g/mol. The van der Waals surface area contributed by atoms with Crippen molar-refractivity contribution in [1.29, 1.82) is 5.26 Å². The van der Waals surface area contributed by atoms with Crippen molar-refractivity contribution in [3.8, 4) is 6.07 Å². The maximum Gasteiger partial charge on any atom is 0.216 e. The summed E-state index contributed by atoms with van der Waals surface area (Å²) in [6.45, 7) is 3.01. The SMILES string of the molecule is CC(=O)NCCNCC(O)c1ccc(C#N)cc1. The highest BCUT2D eigenvalue weighted by Gasteiger charge is 2.06. The molecule has 18 heavy (non-hydrogen) atoms. The number of nitrogens with zero attached hydrogens (tertiary/aromatic N) is 1. The maximum absolute atomic E-state index is 10.6. The van der Waals surface area contributed by atoms with Crippen molar-refractivity contribution in [2.24, 2.45) is 0 Å². The highest BCUT2D eigenvalue weighted by atomic mass is 16.3. The molecule has 5 nitrogen and oxygen atoms in total. The van der Waals surface area contributed by atoms with E-state index in [0.717, 1.165) is 5.56 Å². The van der Waals surface area contributed by atoms with Gasteiger partial charge >= 0.3 is 0 Å². The Labute approximate surface area is 106 Å². The largest absolute Gasteiger partial charge is 0.387 e. The van der Waals surface area contributed by atoms with Crippen LogP contribution in [0.2, 0.25) is 0 Å². The van der Waals surface area contributed by atoms with Crippen LogP contribution < -0.4 is 10.6 Å². The minimum Gasteiger partial charge on any atom is -0.387 e. The number of benzene rings is 1. The van der Waals surface area contributed by atoms with E-state index >= 15 is 0 Å². The Morgan fingerprint density at radius 1 is 1.39 bits per heavy atom. The second-order valence-corrected chi connectivity index (χ2v) is 3.94. The third-order valence-corrected chi connectivity index (χ3v) is 2.44.